The van der Waals surface area contributed by atoms with E-state index in [9.17, 15) is 9.59 Å². The summed E-state index contributed by atoms with van der Waals surface area (Å²) in [6.07, 6.45) is 4.82. The predicted octanol–water partition coefficient (Wildman–Crippen LogP) is 4.48. The number of amides is 2. The summed E-state index contributed by atoms with van der Waals surface area (Å²) in [6, 6.07) is 11.7. The van der Waals surface area contributed by atoms with Crippen LogP contribution in [0.3, 0.4) is 0 Å². The molecule has 1 aromatic heterocycles. The highest BCUT2D eigenvalue weighted by atomic mass is 35.5. The lowest BCUT2D eigenvalue weighted by Gasteiger charge is -2.58. The third-order valence-electron chi connectivity index (χ3n) is 7.03. The molecule has 28 heavy (non-hydrogen) atoms. The molecular formula is C22H23ClN2O2S. The van der Waals surface area contributed by atoms with E-state index in [0.717, 1.165) is 42.5 Å². The first-order valence-corrected chi connectivity index (χ1v) is 11.1. The molecule has 6 rings (SSSR count). The van der Waals surface area contributed by atoms with Gasteiger partial charge in [0.05, 0.1) is 4.88 Å². The average Bonchev–Trinajstić information content (AvgIpc) is 3.14. The lowest BCUT2D eigenvalue weighted by molar-refractivity contribution is -0.145. The van der Waals surface area contributed by atoms with Crippen molar-refractivity contribution < 1.29 is 9.59 Å². The van der Waals surface area contributed by atoms with Gasteiger partial charge in [0.25, 0.3) is 5.91 Å². The number of hydrogen-bond acceptors (Lipinski definition) is 3. The highest BCUT2D eigenvalue weighted by Gasteiger charge is 2.58. The molecule has 0 spiro atoms. The number of primary amides is 1. The highest BCUT2D eigenvalue weighted by molar-refractivity contribution is 7.17. The molecule has 0 radical (unpaired) electrons. The molecule has 3 N–H and O–H groups in total. The van der Waals surface area contributed by atoms with Crippen LogP contribution in [0.5, 0.6) is 0 Å². The van der Waals surface area contributed by atoms with Crippen LogP contribution in [0.25, 0.3) is 10.4 Å². The van der Waals surface area contributed by atoms with E-state index in [4.69, 9.17) is 17.3 Å². The second-order valence-corrected chi connectivity index (χ2v) is 10.3. The maximum atomic E-state index is 12.9. The number of nitrogens with one attached hydrogen (secondary N) is 1. The van der Waals surface area contributed by atoms with Crippen LogP contribution >= 0.6 is 22.9 Å². The van der Waals surface area contributed by atoms with E-state index < -0.39 is 0 Å². The highest BCUT2D eigenvalue weighted by Crippen LogP contribution is 2.59. The zero-order valence-electron chi connectivity index (χ0n) is 15.5. The Labute approximate surface area is 173 Å². The van der Waals surface area contributed by atoms with Gasteiger partial charge in [-0.1, -0.05) is 23.7 Å². The van der Waals surface area contributed by atoms with Crippen LogP contribution in [-0.4, -0.2) is 17.9 Å². The van der Waals surface area contributed by atoms with Crippen LogP contribution < -0.4 is 11.1 Å². The van der Waals surface area contributed by atoms with Crippen molar-refractivity contribution in [3.63, 3.8) is 0 Å². The van der Waals surface area contributed by atoms with Gasteiger partial charge in [-0.3, -0.25) is 9.59 Å². The van der Waals surface area contributed by atoms with Gasteiger partial charge in [-0.2, -0.15) is 0 Å². The van der Waals surface area contributed by atoms with Gasteiger partial charge >= 0.3 is 0 Å². The zero-order valence-corrected chi connectivity index (χ0v) is 17.1. The smallest absolute Gasteiger partial charge is 0.261 e. The molecule has 4 saturated carbocycles. The summed E-state index contributed by atoms with van der Waals surface area (Å²) in [5.41, 5.74) is 6.47. The van der Waals surface area contributed by atoms with Gasteiger partial charge in [-0.25, -0.2) is 0 Å². The van der Waals surface area contributed by atoms with Crippen molar-refractivity contribution in [3.05, 3.63) is 46.3 Å². The summed E-state index contributed by atoms with van der Waals surface area (Å²) in [5.74, 6) is 1.18. The first-order chi connectivity index (χ1) is 13.4. The molecule has 1 heterocycles. The van der Waals surface area contributed by atoms with Gasteiger partial charge in [0.15, 0.2) is 0 Å². The molecule has 6 heteroatoms. The summed E-state index contributed by atoms with van der Waals surface area (Å²) in [4.78, 5) is 26.8. The number of hydrogen-bond donors (Lipinski definition) is 2. The Morgan fingerprint density at radius 1 is 1.11 bits per heavy atom. The SMILES string of the molecule is NC(=O)C12CC3CC(C1)C(NC(=O)c1ccc(-c4cccc(Cl)c4)s1)C(C3)C2. The van der Waals surface area contributed by atoms with Crippen LogP contribution in [0.2, 0.25) is 5.02 Å². The first kappa shape index (κ1) is 18.2. The van der Waals surface area contributed by atoms with Gasteiger partial charge < -0.3 is 11.1 Å². The summed E-state index contributed by atoms with van der Waals surface area (Å²) >= 11 is 7.58. The van der Waals surface area contributed by atoms with Crippen molar-refractivity contribution in [2.45, 2.75) is 38.1 Å². The Morgan fingerprint density at radius 3 is 2.54 bits per heavy atom. The molecule has 2 atom stereocenters. The number of nitrogens with two attached hydrogens (primary N) is 1. The van der Waals surface area contributed by atoms with Gasteiger partial charge in [0, 0.05) is 21.4 Å². The predicted molar refractivity (Wildman–Crippen MR) is 111 cm³/mol. The quantitative estimate of drug-likeness (QED) is 0.774. The topological polar surface area (TPSA) is 72.2 Å². The molecule has 146 valence electrons. The van der Waals surface area contributed by atoms with E-state index in [2.05, 4.69) is 5.32 Å². The number of halogens is 1. The monoisotopic (exact) mass is 414 g/mol. The normalized spacial score (nSPS) is 33.0. The molecule has 4 bridgehead atoms. The Morgan fingerprint density at radius 2 is 1.86 bits per heavy atom. The standard InChI is InChI=1S/C22H23ClN2O2S/c23-16-3-1-2-13(8-16)17-4-5-18(28-17)20(26)25-19-14-6-12-7-15(19)11-22(9-12,10-14)21(24)27/h1-5,8,12,14-15,19H,6-7,9-11H2,(H2,24,27)(H,25,26). The van der Waals surface area contributed by atoms with Crippen LogP contribution in [0.4, 0.5) is 0 Å². The number of carbonyl (C=O) groups excluding carboxylic acids is 2. The number of thiophene rings is 1. The minimum absolute atomic E-state index is 0.0103. The summed E-state index contributed by atoms with van der Waals surface area (Å²) in [6.45, 7) is 0. The third-order valence-corrected chi connectivity index (χ3v) is 8.40. The van der Waals surface area contributed by atoms with E-state index in [-0.39, 0.29) is 23.3 Å². The van der Waals surface area contributed by atoms with Crippen molar-refractivity contribution in [1.82, 2.24) is 5.32 Å². The molecule has 0 saturated heterocycles. The Bertz CT molecular complexity index is 940. The summed E-state index contributed by atoms with van der Waals surface area (Å²) < 4.78 is 0. The van der Waals surface area contributed by atoms with Crippen LogP contribution in [0.1, 0.15) is 41.8 Å². The molecule has 0 aliphatic heterocycles. The van der Waals surface area contributed by atoms with Gasteiger partial charge in [-0.15, -0.1) is 11.3 Å². The van der Waals surface area contributed by atoms with Crippen molar-refractivity contribution in [2.24, 2.45) is 28.9 Å². The van der Waals surface area contributed by atoms with Crippen molar-refractivity contribution in [3.8, 4) is 10.4 Å². The van der Waals surface area contributed by atoms with Crippen LogP contribution in [0.15, 0.2) is 36.4 Å². The second kappa shape index (κ2) is 6.60. The van der Waals surface area contributed by atoms with E-state index in [1.807, 2.05) is 36.4 Å². The van der Waals surface area contributed by atoms with Crippen LogP contribution in [0, 0.1) is 23.2 Å². The fraction of sp³-hybridized carbons (Fsp3) is 0.455. The maximum Gasteiger partial charge on any atom is 0.261 e. The average molecular weight is 415 g/mol. The van der Waals surface area contributed by atoms with Crippen molar-refractivity contribution in [2.75, 3.05) is 0 Å². The summed E-state index contributed by atoms with van der Waals surface area (Å²) in [5, 5.41) is 3.99. The molecule has 4 fully saturated rings. The lowest BCUT2D eigenvalue weighted by Crippen LogP contribution is -2.62. The molecule has 4 aliphatic carbocycles. The van der Waals surface area contributed by atoms with Crippen molar-refractivity contribution >= 4 is 34.8 Å². The number of rotatable bonds is 4. The fourth-order valence-corrected chi connectivity index (χ4v) is 7.14. The van der Waals surface area contributed by atoms with E-state index in [0.29, 0.717) is 27.7 Å². The summed E-state index contributed by atoms with van der Waals surface area (Å²) in [7, 11) is 0. The number of carbonyl (C=O) groups is 2. The molecule has 4 aliphatic rings. The molecule has 2 amide bonds. The Balaban J connectivity index is 1.33. The van der Waals surface area contributed by atoms with Gasteiger partial charge in [-0.05, 0) is 79.7 Å². The Hall–Kier alpha value is -1.85. The molecule has 4 nitrogen and oxygen atoms in total. The zero-order chi connectivity index (χ0) is 19.5. The molecule has 2 unspecified atom stereocenters. The molecule has 2 aromatic rings. The fourth-order valence-electron chi connectivity index (χ4n) is 6.04. The Kier molecular flexibility index (Phi) is 4.29. The minimum atomic E-state index is -0.319. The maximum absolute atomic E-state index is 12.9. The second-order valence-electron chi connectivity index (χ2n) is 8.79. The minimum Gasteiger partial charge on any atom is -0.369 e. The number of benzene rings is 1. The van der Waals surface area contributed by atoms with E-state index >= 15 is 0 Å². The lowest BCUT2D eigenvalue weighted by atomic mass is 9.47. The van der Waals surface area contributed by atoms with Crippen LogP contribution in [-0.2, 0) is 4.79 Å². The van der Waals surface area contributed by atoms with E-state index in [1.165, 1.54) is 11.3 Å². The molecular weight excluding hydrogens is 392 g/mol. The first-order valence-electron chi connectivity index (χ1n) is 9.90. The third kappa shape index (κ3) is 2.96. The van der Waals surface area contributed by atoms with Gasteiger partial charge in [0.1, 0.15) is 0 Å². The largest absolute Gasteiger partial charge is 0.369 e. The van der Waals surface area contributed by atoms with E-state index in [1.54, 1.807) is 0 Å². The van der Waals surface area contributed by atoms with Gasteiger partial charge in [0.2, 0.25) is 5.91 Å². The van der Waals surface area contributed by atoms with Crippen molar-refractivity contribution in [1.29, 1.82) is 0 Å². The molecule has 1 aromatic carbocycles.